The molecule has 6 heteroatoms. The van der Waals surface area contributed by atoms with Crippen molar-refractivity contribution in [3.05, 3.63) is 54.4 Å². The highest BCUT2D eigenvalue weighted by molar-refractivity contribution is 5.92. The minimum absolute atomic E-state index is 0.0356. The van der Waals surface area contributed by atoms with Crippen LogP contribution in [0.4, 0.5) is 10.5 Å². The van der Waals surface area contributed by atoms with Crippen molar-refractivity contribution in [3.8, 4) is 0 Å². The molecule has 1 heterocycles. The van der Waals surface area contributed by atoms with Crippen molar-refractivity contribution in [3.63, 3.8) is 0 Å². The monoisotopic (exact) mass is 384 g/mol. The van der Waals surface area contributed by atoms with Crippen LogP contribution in [0.25, 0.3) is 0 Å². The van der Waals surface area contributed by atoms with E-state index < -0.39 is 0 Å². The van der Waals surface area contributed by atoms with Gasteiger partial charge in [0.1, 0.15) is 6.54 Å². The molecule has 0 aliphatic carbocycles. The summed E-state index contributed by atoms with van der Waals surface area (Å²) in [7, 11) is 1.98. The van der Waals surface area contributed by atoms with Gasteiger partial charge in [-0.15, -0.1) is 0 Å². The van der Waals surface area contributed by atoms with Crippen LogP contribution in [0.2, 0.25) is 0 Å². The fraction of sp³-hybridized carbons (Fsp3) is 0.455. The van der Waals surface area contributed by atoms with E-state index in [1.807, 2.05) is 79.0 Å². The van der Waals surface area contributed by atoms with Gasteiger partial charge in [0.05, 0.1) is 6.54 Å². The van der Waals surface area contributed by atoms with Crippen molar-refractivity contribution in [1.82, 2.24) is 14.4 Å². The van der Waals surface area contributed by atoms with Gasteiger partial charge in [-0.25, -0.2) is 4.79 Å². The highest BCUT2D eigenvalue weighted by atomic mass is 16.2. The van der Waals surface area contributed by atoms with E-state index in [4.69, 9.17) is 0 Å². The summed E-state index contributed by atoms with van der Waals surface area (Å²) in [6.45, 7) is 7.25. The lowest BCUT2D eigenvalue weighted by atomic mass is 10.2. The third-order valence-corrected chi connectivity index (χ3v) is 4.75. The number of hydrogen-bond donors (Lipinski definition) is 1. The number of unbranched alkanes of at least 4 members (excludes halogenated alkanes) is 1. The zero-order valence-electron chi connectivity index (χ0n) is 17.4. The molecule has 2 aromatic rings. The van der Waals surface area contributed by atoms with E-state index in [1.165, 1.54) is 0 Å². The van der Waals surface area contributed by atoms with E-state index in [2.05, 4.69) is 12.2 Å². The molecule has 0 saturated carbocycles. The zero-order chi connectivity index (χ0) is 20.5. The molecule has 0 aliphatic rings. The first-order valence-corrected chi connectivity index (χ1v) is 9.93. The summed E-state index contributed by atoms with van der Waals surface area (Å²) in [4.78, 5) is 29.2. The third kappa shape index (κ3) is 6.15. The van der Waals surface area contributed by atoms with Crippen LogP contribution >= 0.6 is 0 Å². The Morgan fingerprint density at radius 2 is 1.82 bits per heavy atom. The van der Waals surface area contributed by atoms with E-state index >= 15 is 0 Å². The van der Waals surface area contributed by atoms with Gasteiger partial charge in [-0.05, 0) is 44.5 Å². The second-order valence-electron chi connectivity index (χ2n) is 7.30. The number of urea groups is 1. The molecule has 1 aromatic carbocycles. The molecule has 2 rings (SSSR count). The first-order chi connectivity index (χ1) is 13.4. The van der Waals surface area contributed by atoms with Gasteiger partial charge in [0, 0.05) is 37.2 Å². The highest BCUT2D eigenvalue weighted by Gasteiger charge is 2.24. The number of anilines is 1. The fourth-order valence-corrected chi connectivity index (χ4v) is 2.95. The molecule has 6 nitrogen and oxygen atoms in total. The maximum atomic E-state index is 13.1. The minimum Gasteiger partial charge on any atom is -0.353 e. The van der Waals surface area contributed by atoms with E-state index in [0.717, 1.165) is 24.2 Å². The van der Waals surface area contributed by atoms with Crippen LogP contribution in [0.5, 0.6) is 0 Å². The number of rotatable bonds is 9. The summed E-state index contributed by atoms with van der Waals surface area (Å²) in [6.07, 6.45) is 3.93. The molecule has 0 unspecified atom stereocenters. The van der Waals surface area contributed by atoms with Gasteiger partial charge >= 0.3 is 6.03 Å². The van der Waals surface area contributed by atoms with Gasteiger partial charge in [0.2, 0.25) is 5.91 Å². The van der Waals surface area contributed by atoms with Crippen molar-refractivity contribution in [2.45, 2.75) is 46.2 Å². The maximum Gasteiger partial charge on any atom is 0.322 e. The number of nitrogens with zero attached hydrogens (tertiary/aromatic N) is 3. The summed E-state index contributed by atoms with van der Waals surface area (Å²) in [5.74, 6) is -0.0356. The quantitative estimate of drug-likeness (QED) is 0.708. The van der Waals surface area contributed by atoms with Gasteiger partial charge in [-0.1, -0.05) is 31.5 Å². The lowest BCUT2D eigenvalue weighted by Gasteiger charge is -2.30. The number of benzene rings is 1. The number of nitrogens with one attached hydrogen (secondary N) is 1. The number of carbonyl (C=O) groups is 2. The molecule has 3 amide bonds. The fourth-order valence-electron chi connectivity index (χ4n) is 2.95. The van der Waals surface area contributed by atoms with Gasteiger partial charge in [-0.3, -0.25) is 4.79 Å². The van der Waals surface area contributed by atoms with Gasteiger partial charge in [0.15, 0.2) is 0 Å². The molecular weight excluding hydrogens is 352 g/mol. The number of hydrogen-bond acceptors (Lipinski definition) is 2. The first kappa shape index (κ1) is 21.5. The van der Waals surface area contributed by atoms with Crippen LogP contribution in [0.3, 0.4) is 0 Å². The standard InChI is InChI=1S/C22H32N4O2/c1-5-6-15-25(16-20-13-10-14-24(20)4)21(27)17-26(18(2)3)22(28)23-19-11-8-7-9-12-19/h7-14,18H,5-6,15-17H2,1-4H3,(H,23,28). The van der Waals surface area contributed by atoms with Crippen molar-refractivity contribution in [2.24, 2.45) is 7.05 Å². The lowest BCUT2D eigenvalue weighted by Crippen LogP contribution is -2.47. The molecule has 0 spiro atoms. The Hall–Kier alpha value is -2.76. The molecule has 0 fully saturated rings. The third-order valence-electron chi connectivity index (χ3n) is 4.75. The number of aromatic nitrogens is 1. The molecule has 152 valence electrons. The minimum atomic E-state index is -0.260. The molecular formula is C22H32N4O2. The van der Waals surface area contributed by atoms with Crippen LogP contribution in [0, 0.1) is 0 Å². The molecule has 1 N–H and O–H groups in total. The summed E-state index contributed by atoms with van der Waals surface area (Å²) in [6, 6.07) is 13.0. The van der Waals surface area contributed by atoms with Gasteiger partial charge in [0.25, 0.3) is 0 Å². The Labute approximate surface area is 168 Å². The summed E-state index contributed by atoms with van der Waals surface area (Å²) in [5, 5.41) is 2.88. The lowest BCUT2D eigenvalue weighted by molar-refractivity contribution is -0.132. The molecule has 0 bridgehead atoms. The maximum absolute atomic E-state index is 13.1. The largest absolute Gasteiger partial charge is 0.353 e. The van der Waals surface area contributed by atoms with Crippen molar-refractivity contribution in [2.75, 3.05) is 18.4 Å². The van der Waals surface area contributed by atoms with Crippen LogP contribution in [-0.4, -0.2) is 45.4 Å². The molecule has 0 atom stereocenters. The van der Waals surface area contributed by atoms with E-state index in [1.54, 1.807) is 4.90 Å². The van der Waals surface area contributed by atoms with Gasteiger partial charge in [-0.2, -0.15) is 0 Å². The number of amides is 3. The van der Waals surface area contributed by atoms with Crippen LogP contribution in [0.1, 0.15) is 39.3 Å². The zero-order valence-corrected chi connectivity index (χ0v) is 17.4. The second kappa shape index (κ2) is 10.5. The Balaban J connectivity index is 2.08. The number of aryl methyl sites for hydroxylation is 1. The van der Waals surface area contributed by atoms with E-state index in [9.17, 15) is 9.59 Å². The number of para-hydroxylation sites is 1. The van der Waals surface area contributed by atoms with Crippen molar-refractivity contribution < 1.29 is 9.59 Å². The number of carbonyl (C=O) groups excluding carboxylic acids is 2. The predicted molar refractivity (Wildman–Crippen MR) is 113 cm³/mol. The summed E-state index contributed by atoms with van der Waals surface area (Å²) >= 11 is 0. The predicted octanol–water partition coefficient (Wildman–Crippen LogP) is 4.10. The average molecular weight is 385 g/mol. The Kier molecular flexibility index (Phi) is 8.11. The van der Waals surface area contributed by atoms with Gasteiger partial charge < -0.3 is 19.7 Å². The Morgan fingerprint density at radius 3 is 2.39 bits per heavy atom. The Morgan fingerprint density at radius 1 is 1.11 bits per heavy atom. The van der Waals surface area contributed by atoms with Crippen molar-refractivity contribution >= 4 is 17.6 Å². The molecule has 28 heavy (non-hydrogen) atoms. The van der Waals surface area contributed by atoms with Crippen molar-refractivity contribution in [1.29, 1.82) is 0 Å². The molecule has 0 saturated heterocycles. The Bertz CT molecular complexity index is 755. The van der Waals surface area contributed by atoms with Crippen LogP contribution < -0.4 is 5.32 Å². The average Bonchev–Trinajstić information content (AvgIpc) is 3.07. The molecule has 0 aliphatic heterocycles. The topological polar surface area (TPSA) is 57.6 Å². The normalized spacial score (nSPS) is 10.8. The van der Waals surface area contributed by atoms with E-state index in [0.29, 0.717) is 13.1 Å². The smallest absolute Gasteiger partial charge is 0.322 e. The van der Waals surface area contributed by atoms with Crippen LogP contribution in [0.15, 0.2) is 48.7 Å². The summed E-state index contributed by atoms with van der Waals surface area (Å²) < 4.78 is 2.02. The second-order valence-corrected chi connectivity index (χ2v) is 7.30. The highest BCUT2D eigenvalue weighted by Crippen LogP contribution is 2.11. The first-order valence-electron chi connectivity index (χ1n) is 9.93. The summed E-state index contributed by atoms with van der Waals surface area (Å²) in [5.41, 5.74) is 1.80. The van der Waals surface area contributed by atoms with E-state index in [-0.39, 0.29) is 24.5 Å². The van der Waals surface area contributed by atoms with Crippen LogP contribution in [-0.2, 0) is 18.4 Å². The SMILES string of the molecule is CCCCN(Cc1cccn1C)C(=O)CN(C(=O)Nc1ccccc1)C(C)C. The molecule has 1 aromatic heterocycles. The molecule has 0 radical (unpaired) electrons.